The maximum Gasteiger partial charge on any atom is 0.150 e. The largest absolute Gasteiger partial charge is 0.315 e. The van der Waals surface area contributed by atoms with Crippen molar-refractivity contribution in [3.05, 3.63) is 34.0 Å². The number of hydrogen-bond acceptors (Lipinski definition) is 4. The lowest BCUT2D eigenvalue weighted by atomic mass is 10.2. The number of aryl methyl sites for hydroxylation is 1. The third-order valence-electron chi connectivity index (χ3n) is 2.75. The van der Waals surface area contributed by atoms with Crippen LogP contribution in [0, 0.1) is 5.82 Å². The number of halogens is 2. The molecule has 1 heterocycles. The van der Waals surface area contributed by atoms with Crippen molar-refractivity contribution in [2.24, 2.45) is 0 Å². The third-order valence-corrected chi connectivity index (χ3v) is 4.00. The van der Waals surface area contributed by atoms with E-state index in [0.717, 1.165) is 24.4 Å². The summed E-state index contributed by atoms with van der Waals surface area (Å²) in [6, 6.07) is 5.09. The Morgan fingerprint density at radius 1 is 1.35 bits per heavy atom. The molecule has 1 N–H and O–H groups in total. The zero-order valence-corrected chi connectivity index (χ0v) is 13.1. The third kappa shape index (κ3) is 4.23. The maximum absolute atomic E-state index is 13.8. The van der Waals surface area contributed by atoms with Gasteiger partial charge in [-0.25, -0.2) is 4.39 Å². The number of hydrogen-bond donors (Lipinski definition) is 1. The van der Waals surface area contributed by atoms with E-state index in [-0.39, 0.29) is 5.82 Å². The van der Waals surface area contributed by atoms with Crippen LogP contribution in [0.3, 0.4) is 0 Å². The van der Waals surface area contributed by atoms with E-state index in [1.54, 1.807) is 12.1 Å². The Kier molecular flexibility index (Phi) is 5.46. The fourth-order valence-electron chi connectivity index (χ4n) is 1.76. The fraction of sp³-hybridized carbons (Fsp3) is 0.429. The van der Waals surface area contributed by atoms with Crippen molar-refractivity contribution in [3.63, 3.8) is 0 Å². The molecule has 0 spiro atoms. The Hall–Kier alpha value is -1.04. The minimum Gasteiger partial charge on any atom is -0.315 e. The van der Waals surface area contributed by atoms with E-state index in [9.17, 15) is 4.39 Å². The van der Waals surface area contributed by atoms with E-state index < -0.39 is 0 Å². The zero-order chi connectivity index (χ0) is 14.5. The first-order chi connectivity index (χ1) is 9.56. The molecule has 0 aliphatic rings. The summed E-state index contributed by atoms with van der Waals surface area (Å²) >= 11 is 7.17. The average Bonchev–Trinajstić information content (AvgIpc) is 2.83. The molecule has 2 rings (SSSR count). The minimum absolute atomic E-state index is 0.360. The molecule has 0 radical (unpaired) electrons. The van der Waals surface area contributed by atoms with Crippen LogP contribution in [0.5, 0.6) is 0 Å². The molecule has 0 amide bonds. The number of benzene rings is 1. The molecule has 0 unspecified atom stereocenters. The van der Waals surface area contributed by atoms with E-state index in [2.05, 4.69) is 29.4 Å². The lowest BCUT2D eigenvalue weighted by Crippen LogP contribution is -2.23. The highest BCUT2D eigenvalue weighted by Crippen LogP contribution is 2.28. The SMILES string of the molecule is CC(C)NCCCc1nnc(-c2ccc(Cl)cc2F)s1. The van der Waals surface area contributed by atoms with E-state index in [1.807, 2.05) is 0 Å². The smallest absolute Gasteiger partial charge is 0.150 e. The quantitative estimate of drug-likeness (QED) is 0.821. The molecule has 0 saturated heterocycles. The van der Waals surface area contributed by atoms with Gasteiger partial charge in [-0.15, -0.1) is 10.2 Å². The summed E-state index contributed by atoms with van der Waals surface area (Å²) in [5.41, 5.74) is 0.457. The van der Waals surface area contributed by atoms with Gasteiger partial charge in [0.1, 0.15) is 10.8 Å². The fourth-order valence-corrected chi connectivity index (χ4v) is 2.82. The van der Waals surface area contributed by atoms with Gasteiger partial charge >= 0.3 is 0 Å². The summed E-state index contributed by atoms with van der Waals surface area (Å²) in [4.78, 5) is 0. The summed E-state index contributed by atoms with van der Waals surface area (Å²) in [5, 5.41) is 13.4. The van der Waals surface area contributed by atoms with Crippen LogP contribution in [-0.2, 0) is 6.42 Å². The highest BCUT2D eigenvalue weighted by Gasteiger charge is 2.11. The van der Waals surface area contributed by atoms with Crippen LogP contribution in [0.15, 0.2) is 18.2 Å². The van der Waals surface area contributed by atoms with Crippen LogP contribution >= 0.6 is 22.9 Å². The molecule has 108 valence electrons. The second-order valence-electron chi connectivity index (χ2n) is 4.84. The summed E-state index contributed by atoms with van der Waals surface area (Å²) in [6.45, 7) is 5.18. The van der Waals surface area contributed by atoms with Gasteiger partial charge in [-0.3, -0.25) is 0 Å². The van der Waals surface area contributed by atoms with Crippen molar-refractivity contribution in [3.8, 4) is 10.6 Å². The number of aromatic nitrogens is 2. The van der Waals surface area contributed by atoms with Gasteiger partial charge < -0.3 is 5.32 Å². The van der Waals surface area contributed by atoms with Gasteiger partial charge in [-0.05, 0) is 31.2 Å². The number of rotatable bonds is 6. The van der Waals surface area contributed by atoms with Crippen molar-refractivity contribution in [1.82, 2.24) is 15.5 Å². The van der Waals surface area contributed by atoms with Crippen molar-refractivity contribution < 1.29 is 4.39 Å². The van der Waals surface area contributed by atoms with Gasteiger partial charge in [-0.1, -0.05) is 36.8 Å². The maximum atomic E-state index is 13.8. The predicted octanol–water partition coefficient (Wildman–Crippen LogP) is 3.93. The van der Waals surface area contributed by atoms with Gasteiger partial charge in [0.25, 0.3) is 0 Å². The second kappa shape index (κ2) is 7.11. The molecule has 20 heavy (non-hydrogen) atoms. The molecule has 1 aromatic carbocycles. The Morgan fingerprint density at radius 2 is 2.15 bits per heavy atom. The highest BCUT2D eigenvalue weighted by atomic mass is 35.5. The van der Waals surface area contributed by atoms with E-state index >= 15 is 0 Å². The molecule has 6 heteroatoms. The van der Waals surface area contributed by atoms with Crippen LogP contribution < -0.4 is 5.32 Å². The molecule has 0 aliphatic carbocycles. The van der Waals surface area contributed by atoms with Crippen LogP contribution in [0.25, 0.3) is 10.6 Å². The van der Waals surface area contributed by atoms with Crippen LogP contribution in [0.1, 0.15) is 25.3 Å². The molecule has 0 atom stereocenters. The van der Waals surface area contributed by atoms with Gasteiger partial charge in [0.15, 0.2) is 5.01 Å². The van der Waals surface area contributed by atoms with Crippen LogP contribution in [0.4, 0.5) is 4.39 Å². The standard InChI is InChI=1S/C14H17ClFN3S/c1-9(2)17-7-3-4-13-18-19-14(20-13)11-6-5-10(15)8-12(11)16/h5-6,8-9,17H,3-4,7H2,1-2H3. The Bertz CT molecular complexity index is 571. The molecular weight excluding hydrogens is 297 g/mol. The zero-order valence-electron chi connectivity index (χ0n) is 11.5. The molecule has 0 bridgehead atoms. The summed E-state index contributed by atoms with van der Waals surface area (Å²) in [7, 11) is 0. The summed E-state index contributed by atoms with van der Waals surface area (Å²) in [5.74, 6) is -0.360. The van der Waals surface area contributed by atoms with Crippen LogP contribution in [-0.4, -0.2) is 22.8 Å². The lowest BCUT2D eigenvalue weighted by Gasteiger charge is -2.05. The first-order valence-corrected chi connectivity index (χ1v) is 7.77. The van der Waals surface area contributed by atoms with Crippen molar-refractivity contribution in [2.75, 3.05) is 6.54 Å². The van der Waals surface area contributed by atoms with Crippen LogP contribution in [0.2, 0.25) is 5.02 Å². The minimum atomic E-state index is -0.360. The normalized spacial score (nSPS) is 11.2. The van der Waals surface area contributed by atoms with E-state index in [1.165, 1.54) is 17.4 Å². The highest BCUT2D eigenvalue weighted by molar-refractivity contribution is 7.14. The average molecular weight is 314 g/mol. The molecule has 2 aromatic rings. The predicted molar refractivity (Wildman–Crippen MR) is 81.8 cm³/mol. The summed E-state index contributed by atoms with van der Waals surface area (Å²) in [6.07, 6.45) is 1.85. The van der Waals surface area contributed by atoms with Gasteiger partial charge in [0.2, 0.25) is 0 Å². The first-order valence-electron chi connectivity index (χ1n) is 6.57. The van der Waals surface area contributed by atoms with E-state index in [0.29, 0.717) is 21.6 Å². The molecule has 0 fully saturated rings. The first kappa shape index (κ1) is 15.4. The molecule has 1 aromatic heterocycles. The Labute approximate surface area is 127 Å². The monoisotopic (exact) mass is 313 g/mol. The Balaban J connectivity index is 1.98. The van der Waals surface area contributed by atoms with Crippen molar-refractivity contribution >= 4 is 22.9 Å². The summed E-state index contributed by atoms with van der Waals surface area (Å²) < 4.78 is 13.8. The van der Waals surface area contributed by atoms with Gasteiger partial charge in [0.05, 0.1) is 0 Å². The molecule has 0 aliphatic heterocycles. The molecule has 0 saturated carbocycles. The lowest BCUT2D eigenvalue weighted by molar-refractivity contribution is 0.569. The van der Waals surface area contributed by atoms with Gasteiger partial charge in [-0.2, -0.15) is 0 Å². The molecular formula is C14H17ClFN3S. The van der Waals surface area contributed by atoms with Gasteiger partial charge in [0, 0.05) is 23.0 Å². The van der Waals surface area contributed by atoms with E-state index in [4.69, 9.17) is 11.6 Å². The van der Waals surface area contributed by atoms with Crippen molar-refractivity contribution in [2.45, 2.75) is 32.7 Å². The second-order valence-corrected chi connectivity index (χ2v) is 6.34. The Morgan fingerprint density at radius 3 is 2.85 bits per heavy atom. The topological polar surface area (TPSA) is 37.8 Å². The van der Waals surface area contributed by atoms with Crippen molar-refractivity contribution in [1.29, 1.82) is 0 Å². The number of nitrogens with one attached hydrogen (secondary N) is 1. The number of nitrogens with zero attached hydrogens (tertiary/aromatic N) is 2. The molecule has 3 nitrogen and oxygen atoms in total.